The van der Waals surface area contributed by atoms with Crippen LogP contribution in [-0.4, -0.2) is 28.6 Å². The molecule has 1 aliphatic heterocycles. The molecule has 0 aliphatic carbocycles. The fraction of sp³-hybridized carbons (Fsp3) is 0.316. The highest BCUT2D eigenvalue weighted by molar-refractivity contribution is 6.02. The molecule has 0 spiro atoms. The minimum atomic E-state index is -2.13. The molecule has 1 aliphatic rings. The van der Waals surface area contributed by atoms with Crippen molar-refractivity contribution in [2.24, 2.45) is 10.7 Å². The van der Waals surface area contributed by atoms with Gasteiger partial charge in [0.15, 0.2) is 5.67 Å². The highest BCUT2D eigenvalue weighted by Gasteiger charge is 2.49. The average molecular weight is 394 g/mol. The molecule has 0 saturated heterocycles. The number of halogens is 4. The number of nitrogens with one attached hydrogen (secondary N) is 1. The van der Waals surface area contributed by atoms with Crippen molar-refractivity contribution in [1.29, 1.82) is 0 Å². The summed E-state index contributed by atoms with van der Waals surface area (Å²) < 4.78 is 56.4. The second kappa shape index (κ2) is 6.88. The molecular weight excluding hydrogens is 376 g/mol. The molecule has 1 aromatic heterocycles. The van der Waals surface area contributed by atoms with Crippen LogP contribution in [0, 0.1) is 11.6 Å². The number of amidine groups is 1. The van der Waals surface area contributed by atoms with Crippen LogP contribution in [0.5, 0.6) is 0 Å². The van der Waals surface area contributed by atoms with E-state index < -0.39 is 47.2 Å². The normalized spacial score (nSPS) is 27.2. The van der Waals surface area contributed by atoms with Crippen molar-refractivity contribution in [3.8, 4) is 0 Å². The van der Waals surface area contributed by atoms with Crippen LogP contribution in [0.3, 0.4) is 0 Å². The van der Waals surface area contributed by atoms with E-state index >= 15 is 0 Å². The lowest BCUT2D eigenvalue weighted by molar-refractivity contribution is 0.102. The number of alkyl halides is 2. The Kier molecular flexibility index (Phi) is 4.86. The van der Waals surface area contributed by atoms with Crippen LogP contribution in [0.2, 0.25) is 0 Å². The number of amides is 1. The third-order valence-electron chi connectivity index (χ3n) is 4.79. The van der Waals surface area contributed by atoms with Gasteiger partial charge in [-0.25, -0.2) is 22.5 Å². The van der Waals surface area contributed by atoms with Crippen LogP contribution in [0.15, 0.2) is 41.5 Å². The molecule has 2 heterocycles. The number of hydrogen-bond donors (Lipinski definition) is 2. The zero-order chi connectivity index (χ0) is 20.7. The molecule has 0 bridgehead atoms. The van der Waals surface area contributed by atoms with E-state index in [0.717, 1.165) is 25.3 Å². The number of carbonyl (C=O) groups is 1. The van der Waals surface area contributed by atoms with Crippen molar-refractivity contribution in [1.82, 2.24) is 4.98 Å². The number of benzene rings is 1. The van der Waals surface area contributed by atoms with Gasteiger partial charge in [-0.1, -0.05) is 0 Å². The molecule has 5 nitrogen and oxygen atoms in total. The van der Waals surface area contributed by atoms with Crippen molar-refractivity contribution in [3.63, 3.8) is 0 Å². The largest absolute Gasteiger partial charge is 0.385 e. The second-order valence-corrected chi connectivity index (χ2v) is 7.02. The first kappa shape index (κ1) is 19.8. The maximum atomic E-state index is 14.8. The van der Waals surface area contributed by atoms with Gasteiger partial charge >= 0.3 is 0 Å². The Hall–Kier alpha value is -2.97. The number of aliphatic imine (C=N–C) groups is 1. The number of aromatic nitrogens is 1. The molecule has 3 N–H and O–H groups in total. The van der Waals surface area contributed by atoms with Gasteiger partial charge in [0.05, 0.1) is 6.20 Å². The van der Waals surface area contributed by atoms with E-state index in [1.54, 1.807) is 0 Å². The molecule has 3 atom stereocenters. The molecule has 28 heavy (non-hydrogen) atoms. The molecule has 0 unspecified atom stereocenters. The summed E-state index contributed by atoms with van der Waals surface area (Å²) in [6, 6.07) is 5.77. The number of carbonyl (C=O) groups excluding carboxylic acids is 1. The van der Waals surface area contributed by atoms with Gasteiger partial charge in [0, 0.05) is 17.7 Å². The zero-order valence-electron chi connectivity index (χ0n) is 15.1. The zero-order valence-corrected chi connectivity index (χ0v) is 15.1. The van der Waals surface area contributed by atoms with Crippen LogP contribution in [0.4, 0.5) is 23.2 Å². The first-order chi connectivity index (χ1) is 13.0. The van der Waals surface area contributed by atoms with Crippen LogP contribution in [-0.2, 0) is 5.54 Å². The third-order valence-corrected chi connectivity index (χ3v) is 4.79. The van der Waals surface area contributed by atoms with Gasteiger partial charge in [0.1, 0.15) is 34.9 Å². The summed E-state index contributed by atoms with van der Waals surface area (Å²) in [6.07, 6.45) is -1.53. The lowest BCUT2D eigenvalue weighted by atomic mass is 9.79. The second-order valence-electron chi connectivity index (χ2n) is 7.02. The van der Waals surface area contributed by atoms with E-state index in [-0.39, 0.29) is 16.9 Å². The van der Waals surface area contributed by atoms with Crippen molar-refractivity contribution in [3.05, 3.63) is 59.4 Å². The van der Waals surface area contributed by atoms with E-state index in [2.05, 4.69) is 15.3 Å². The molecule has 2 aromatic rings. The van der Waals surface area contributed by atoms with Crippen molar-refractivity contribution >= 4 is 17.4 Å². The van der Waals surface area contributed by atoms with Gasteiger partial charge in [-0.05, 0) is 44.2 Å². The van der Waals surface area contributed by atoms with Crippen LogP contribution in [0.1, 0.15) is 36.3 Å². The average Bonchev–Trinajstić information content (AvgIpc) is 2.62. The van der Waals surface area contributed by atoms with Gasteiger partial charge in [0.2, 0.25) is 0 Å². The predicted molar refractivity (Wildman–Crippen MR) is 96.5 cm³/mol. The van der Waals surface area contributed by atoms with E-state index in [1.165, 1.54) is 25.1 Å². The van der Waals surface area contributed by atoms with E-state index in [4.69, 9.17) is 5.73 Å². The molecular formula is C19H18F4N4O. The number of anilines is 1. The van der Waals surface area contributed by atoms with Gasteiger partial charge in [-0.2, -0.15) is 0 Å². The van der Waals surface area contributed by atoms with E-state index in [0.29, 0.717) is 0 Å². The summed E-state index contributed by atoms with van der Waals surface area (Å²) >= 11 is 0. The van der Waals surface area contributed by atoms with Crippen molar-refractivity contribution in [2.45, 2.75) is 37.6 Å². The summed E-state index contributed by atoms with van der Waals surface area (Å²) in [5, 5.41) is 2.48. The van der Waals surface area contributed by atoms with E-state index in [1.807, 2.05) is 0 Å². The van der Waals surface area contributed by atoms with Gasteiger partial charge in [-0.3, -0.25) is 9.79 Å². The molecule has 1 amide bonds. The molecule has 0 radical (unpaired) electrons. The van der Waals surface area contributed by atoms with Gasteiger partial charge in [0.25, 0.3) is 5.91 Å². The molecule has 0 fully saturated rings. The number of hydrogen-bond acceptors (Lipinski definition) is 4. The Balaban J connectivity index is 1.95. The molecule has 148 valence electrons. The van der Waals surface area contributed by atoms with Gasteiger partial charge < -0.3 is 11.1 Å². The first-order valence-electron chi connectivity index (χ1n) is 8.44. The standard InChI is InChI=1S/C19H18F4N4O/c1-18(23)8-15(22)19(2,27-17(18)24)12-7-11(4-5-13(12)21)26-16(28)14-6-3-10(20)9-25-14/h3-7,9,15H,8H2,1-2H3,(H2,24,27)(H,26,28)/t15-,18-,19+/m0/s1. The summed E-state index contributed by atoms with van der Waals surface area (Å²) in [5.41, 5.74) is 1.64. The van der Waals surface area contributed by atoms with Crippen molar-refractivity contribution in [2.75, 3.05) is 5.32 Å². The van der Waals surface area contributed by atoms with E-state index in [9.17, 15) is 22.4 Å². The maximum Gasteiger partial charge on any atom is 0.274 e. The predicted octanol–water partition coefficient (Wildman–Crippen LogP) is 3.65. The summed E-state index contributed by atoms with van der Waals surface area (Å²) in [6.45, 7) is 2.42. The highest BCUT2D eigenvalue weighted by Crippen LogP contribution is 2.42. The third kappa shape index (κ3) is 3.56. The van der Waals surface area contributed by atoms with Crippen molar-refractivity contribution < 1.29 is 22.4 Å². The summed E-state index contributed by atoms with van der Waals surface area (Å²) in [5.74, 6) is -2.46. The maximum absolute atomic E-state index is 14.8. The summed E-state index contributed by atoms with van der Waals surface area (Å²) in [7, 11) is 0. The number of nitrogens with two attached hydrogens (primary N) is 1. The fourth-order valence-electron chi connectivity index (χ4n) is 3.00. The fourth-order valence-corrected chi connectivity index (χ4v) is 3.00. The first-order valence-corrected chi connectivity index (χ1v) is 8.44. The molecule has 9 heteroatoms. The van der Waals surface area contributed by atoms with Crippen LogP contribution >= 0.6 is 0 Å². The lowest BCUT2D eigenvalue weighted by Crippen LogP contribution is -2.51. The molecule has 1 aromatic carbocycles. The molecule has 3 rings (SSSR count). The quantitative estimate of drug-likeness (QED) is 0.780. The minimum absolute atomic E-state index is 0.0602. The summed E-state index contributed by atoms with van der Waals surface area (Å²) in [4.78, 5) is 19.8. The smallest absolute Gasteiger partial charge is 0.274 e. The number of nitrogens with zero attached hydrogens (tertiary/aromatic N) is 2. The Morgan fingerprint density at radius 1 is 1.25 bits per heavy atom. The Bertz CT molecular complexity index is 945. The lowest BCUT2D eigenvalue weighted by Gasteiger charge is -2.38. The topological polar surface area (TPSA) is 80.4 Å². The Labute approximate surface area is 158 Å². The number of pyridine rings is 1. The monoisotopic (exact) mass is 394 g/mol. The Morgan fingerprint density at radius 3 is 2.61 bits per heavy atom. The van der Waals surface area contributed by atoms with Crippen LogP contribution < -0.4 is 11.1 Å². The van der Waals surface area contributed by atoms with Crippen LogP contribution in [0.25, 0.3) is 0 Å². The molecule has 0 saturated carbocycles. The van der Waals surface area contributed by atoms with Gasteiger partial charge in [-0.15, -0.1) is 0 Å². The minimum Gasteiger partial charge on any atom is -0.385 e. The number of rotatable bonds is 3. The SMILES string of the molecule is C[C@]1(F)C[C@H](F)[C@@](C)(c2cc(NC(=O)c3ccc(F)cn3)ccc2F)N=C1N. The highest BCUT2D eigenvalue weighted by atomic mass is 19.2. The Morgan fingerprint density at radius 2 is 1.96 bits per heavy atom.